The molecule has 0 amide bonds. The summed E-state index contributed by atoms with van der Waals surface area (Å²) >= 11 is 1.46. The lowest BCUT2D eigenvalue weighted by Gasteiger charge is -2.04. The fraction of sp³-hybridized carbons (Fsp3) is 0.111. The maximum Gasteiger partial charge on any atom is 0.127 e. The molecular weight excluding hydrogens is 311 g/mol. The van der Waals surface area contributed by atoms with Crippen molar-refractivity contribution in [1.29, 1.82) is 0 Å². The molecule has 116 valence electrons. The highest BCUT2D eigenvalue weighted by atomic mass is 32.2. The number of halogens is 1. The number of methoxy groups -OCH3 is 1. The molecule has 0 atom stereocenters. The normalized spacial score (nSPS) is 10.5. The van der Waals surface area contributed by atoms with Gasteiger partial charge in [0.15, 0.2) is 0 Å². The van der Waals surface area contributed by atoms with Crippen molar-refractivity contribution in [2.45, 2.75) is 10.8 Å². The molecule has 0 N–H and O–H groups in total. The van der Waals surface area contributed by atoms with E-state index >= 15 is 0 Å². The van der Waals surface area contributed by atoms with Crippen LogP contribution in [-0.2, 0) is 5.75 Å². The van der Waals surface area contributed by atoms with Gasteiger partial charge in [0.25, 0.3) is 0 Å². The van der Waals surface area contributed by atoms with Crippen molar-refractivity contribution < 1.29 is 9.13 Å². The summed E-state index contributed by atoms with van der Waals surface area (Å²) in [6.45, 7) is 0. The van der Waals surface area contributed by atoms with Crippen LogP contribution >= 0.6 is 11.8 Å². The van der Waals surface area contributed by atoms with Gasteiger partial charge in [-0.15, -0.1) is 10.2 Å². The Kier molecular flexibility index (Phi) is 4.88. The maximum absolute atomic E-state index is 13.6. The summed E-state index contributed by atoms with van der Waals surface area (Å²) in [7, 11) is 1.64. The summed E-state index contributed by atoms with van der Waals surface area (Å²) in [5.74, 6) is 1.14. The molecule has 0 aliphatic rings. The SMILES string of the molecule is COc1ccc(-c2ccc(SCc3ccccc3F)nn2)cc1. The van der Waals surface area contributed by atoms with Gasteiger partial charge in [-0.3, -0.25) is 0 Å². The molecule has 0 unspecified atom stereocenters. The van der Waals surface area contributed by atoms with Crippen molar-refractivity contribution in [2.75, 3.05) is 7.11 Å². The Balaban J connectivity index is 1.68. The predicted molar refractivity (Wildman–Crippen MR) is 90.0 cm³/mol. The number of benzene rings is 2. The molecule has 0 radical (unpaired) electrons. The fourth-order valence-corrected chi connectivity index (χ4v) is 2.88. The second-order valence-corrected chi connectivity index (χ2v) is 5.86. The number of hydrogen-bond acceptors (Lipinski definition) is 4. The van der Waals surface area contributed by atoms with Gasteiger partial charge in [-0.1, -0.05) is 30.0 Å². The molecule has 5 heteroatoms. The third-order valence-electron chi connectivity index (χ3n) is 3.36. The van der Waals surface area contributed by atoms with Crippen LogP contribution in [0, 0.1) is 5.82 Å². The average molecular weight is 326 g/mol. The van der Waals surface area contributed by atoms with Crippen molar-refractivity contribution in [2.24, 2.45) is 0 Å². The zero-order valence-electron chi connectivity index (χ0n) is 12.6. The molecule has 23 heavy (non-hydrogen) atoms. The van der Waals surface area contributed by atoms with Gasteiger partial charge in [-0.05, 0) is 48.0 Å². The van der Waals surface area contributed by atoms with Crippen molar-refractivity contribution in [3.05, 3.63) is 72.0 Å². The highest BCUT2D eigenvalue weighted by Gasteiger charge is 2.05. The van der Waals surface area contributed by atoms with Gasteiger partial charge in [-0.2, -0.15) is 0 Å². The Hall–Kier alpha value is -2.40. The quantitative estimate of drug-likeness (QED) is 0.643. The zero-order chi connectivity index (χ0) is 16.1. The number of hydrogen-bond donors (Lipinski definition) is 0. The molecule has 3 nitrogen and oxygen atoms in total. The Morgan fingerprint density at radius 3 is 2.39 bits per heavy atom. The molecule has 1 heterocycles. The van der Waals surface area contributed by atoms with Crippen LogP contribution in [-0.4, -0.2) is 17.3 Å². The predicted octanol–water partition coefficient (Wildman–Crippen LogP) is 4.58. The van der Waals surface area contributed by atoms with Gasteiger partial charge in [0.1, 0.15) is 16.6 Å². The molecule has 0 saturated heterocycles. The van der Waals surface area contributed by atoms with E-state index in [9.17, 15) is 4.39 Å². The van der Waals surface area contributed by atoms with Crippen LogP contribution in [0.25, 0.3) is 11.3 Å². The summed E-state index contributed by atoms with van der Waals surface area (Å²) in [5.41, 5.74) is 2.44. The Morgan fingerprint density at radius 2 is 1.74 bits per heavy atom. The van der Waals surface area contributed by atoms with Gasteiger partial charge in [-0.25, -0.2) is 4.39 Å². The van der Waals surface area contributed by atoms with E-state index in [2.05, 4.69) is 10.2 Å². The summed E-state index contributed by atoms with van der Waals surface area (Å²) in [6, 6.07) is 18.2. The van der Waals surface area contributed by atoms with Crippen molar-refractivity contribution in [1.82, 2.24) is 10.2 Å². The number of ether oxygens (including phenoxy) is 1. The molecular formula is C18H15FN2OS. The maximum atomic E-state index is 13.6. The summed E-state index contributed by atoms with van der Waals surface area (Å²) in [5, 5.41) is 9.20. The molecule has 0 aliphatic heterocycles. The third-order valence-corrected chi connectivity index (χ3v) is 4.33. The minimum Gasteiger partial charge on any atom is -0.497 e. The zero-order valence-corrected chi connectivity index (χ0v) is 13.4. The fourth-order valence-electron chi connectivity index (χ4n) is 2.08. The van der Waals surface area contributed by atoms with E-state index in [1.807, 2.05) is 42.5 Å². The van der Waals surface area contributed by atoms with Crippen LogP contribution in [0.5, 0.6) is 5.75 Å². The molecule has 1 aromatic heterocycles. The molecule has 3 rings (SSSR count). The largest absolute Gasteiger partial charge is 0.497 e. The standard InChI is InChI=1S/C18H15FN2OS/c1-22-15-8-6-13(7-9-15)17-10-11-18(21-20-17)23-12-14-4-2-3-5-16(14)19/h2-11H,12H2,1H3. The van der Waals surface area contributed by atoms with E-state index in [4.69, 9.17) is 4.74 Å². The smallest absolute Gasteiger partial charge is 0.127 e. The third kappa shape index (κ3) is 3.87. The highest BCUT2D eigenvalue weighted by Crippen LogP contribution is 2.24. The molecule has 0 spiro atoms. The minimum atomic E-state index is -0.192. The first kappa shape index (κ1) is 15.5. The van der Waals surface area contributed by atoms with Gasteiger partial charge in [0.05, 0.1) is 12.8 Å². The average Bonchev–Trinajstić information content (AvgIpc) is 2.62. The topological polar surface area (TPSA) is 35.0 Å². The highest BCUT2D eigenvalue weighted by molar-refractivity contribution is 7.98. The van der Waals surface area contributed by atoms with Crippen LogP contribution in [0.1, 0.15) is 5.56 Å². The molecule has 0 aliphatic carbocycles. The lowest BCUT2D eigenvalue weighted by atomic mass is 10.1. The Morgan fingerprint density at radius 1 is 0.957 bits per heavy atom. The van der Waals surface area contributed by atoms with Crippen molar-refractivity contribution >= 4 is 11.8 Å². The lowest BCUT2D eigenvalue weighted by molar-refractivity contribution is 0.415. The Labute approximate surface area is 138 Å². The molecule has 2 aromatic carbocycles. The first-order chi connectivity index (χ1) is 11.3. The van der Waals surface area contributed by atoms with Crippen molar-refractivity contribution in [3.63, 3.8) is 0 Å². The van der Waals surface area contributed by atoms with Gasteiger partial charge >= 0.3 is 0 Å². The summed E-state index contributed by atoms with van der Waals surface area (Å²) in [4.78, 5) is 0. The van der Waals surface area contributed by atoms with E-state index in [-0.39, 0.29) is 5.82 Å². The number of thioether (sulfide) groups is 1. The monoisotopic (exact) mass is 326 g/mol. The second kappa shape index (κ2) is 7.24. The summed E-state index contributed by atoms with van der Waals surface area (Å²) < 4.78 is 18.7. The molecule has 0 bridgehead atoms. The van der Waals surface area contributed by atoms with Gasteiger partial charge < -0.3 is 4.74 Å². The number of rotatable bonds is 5. The Bertz CT molecular complexity index is 776. The first-order valence-electron chi connectivity index (χ1n) is 7.10. The van der Waals surface area contributed by atoms with Crippen LogP contribution in [0.3, 0.4) is 0 Å². The van der Waals surface area contributed by atoms with E-state index < -0.39 is 0 Å². The van der Waals surface area contributed by atoms with Crippen molar-refractivity contribution in [3.8, 4) is 17.0 Å². The minimum absolute atomic E-state index is 0.192. The van der Waals surface area contributed by atoms with Gasteiger partial charge in [0.2, 0.25) is 0 Å². The van der Waals surface area contributed by atoms with Crippen LogP contribution in [0.15, 0.2) is 65.7 Å². The van der Waals surface area contributed by atoms with E-state index in [1.54, 1.807) is 19.2 Å². The second-order valence-electron chi connectivity index (χ2n) is 4.87. The first-order valence-corrected chi connectivity index (χ1v) is 8.09. The summed E-state index contributed by atoms with van der Waals surface area (Å²) in [6.07, 6.45) is 0. The molecule has 3 aromatic rings. The molecule has 0 fully saturated rings. The van der Waals surface area contributed by atoms with Gasteiger partial charge in [0, 0.05) is 11.3 Å². The van der Waals surface area contributed by atoms with E-state index in [0.29, 0.717) is 11.3 Å². The van der Waals surface area contributed by atoms with E-state index in [1.165, 1.54) is 17.8 Å². The van der Waals surface area contributed by atoms with Crippen LogP contribution in [0.2, 0.25) is 0 Å². The van der Waals surface area contributed by atoms with Crippen LogP contribution in [0.4, 0.5) is 4.39 Å². The van der Waals surface area contributed by atoms with E-state index in [0.717, 1.165) is 22.0 Å². The number of nitrogens with zero attached hydrogens (tertiary/aromatic N) is 2. The number of aromatic nitrogens is 2. The van der Waals surface area contributed by atoms with Crippen LogP contribution < -0.4 is 4.74 Å². The molecule has 0 saturated carbocycles. The lowest BCUT2D eigenvalue weighted by Crippen LogP contribution is -1.91.